The molecule has 0 atom stereocenters. The summed E-state index contributed by atoms with van der Waals surface area (Å²) in [5.74, 6) is -0.207. The number of fused-ring (bicyclic) bond motifs is 2. The maximum atomic E-state index is 13.5. The van der Waals surface area contributed by atoms with Crippen LogP contribution in [0.5, 0.6) is 5.88 Å². The van der Waals surface area contributed by atoms with E-state index in [4.69, 9.17) is 4.74 Å². The molecule has 1 amide bonds. The zero-order valence-electron chi connectivity index (χ0n) is 18.2. The summed E-state index contributed by atoms with van der Waals surface area (Å²) in [6.45, 7) is 4.86. The predicted octanol–water partition coefficient (Wildman–Crippen LogP) is 1.33. The van der Waals surface area contributed by atoms with Crippen molar-refractivity contribution < 1.29 is 23.1 Å². The van der Waals surface area contributed by atoms with Crippen molar-refractivity contribution in [2.24, 2.45) is 5.41 Å². The molecular weight excluding hydrogens is 432 g/mol. The number of nitrogens with one attached hydrogen (secondary N) is 1. The number of hydrogen-bond acceptors (Lipinski definition) is 6. The van der Waals surface area contributed by atoms with Crippen molar-refractivity contribution in [3.8, 4) is 5.88 Å². The van der Waals surface area contributed by atoms with Crippen LogP contribution in [0.25, 0.3) is 0 Å². The van der Waals surface area contributed by atoms with Gasteiger partial charge in [-0.1, -0.05) is 38.1 Å². The molecule has 0 fully saturated rings. The van der Waals surface area contributed by atoms with Gasteiger partial charge in [-0.3, -0.25) is 4.79 Å². The van der Waals surface area contributed by atoms with Gasteiger partial charge in [0.2, 0.25) is 5.88 Å². The number of nitrogens with zero attached hydrogens (tertiary/aromatic N) is 3. The van der Waals surface area contributed by atoms with Crippen LogP contribution in [0.3, 0.4) is 0 Å². The number of aliphatic hydroxyl groups is 1. The Hall–Kier alpha value is -2.69. The monoisotopic (exact) mass is 460 g/mol. The van der Waals surface area contributed by atoms with E-state index in [1.165, 1.54) is 20.9 Å². The minimum atomic E-state index is -3.84. The molecule has 3 heterocycles. The van der Waals surface area contributed by atoms with Crippen LogP contribution in [0, 0.1) is 5.41 Å². The number of pyridine rings is 1. The lowest BCUT2D eigenvalue weighted by Crippen LogP contribution is -2.48. The third-order valence-electron chi connectivity index (χ3n) is 5.75. The summed E-state index contributed by atoms with van der Waals surface area (Å²) in [6.07, 6.45) is 2.02. The van der Waals surface area contributed by atoms with Crippen molar-refractivity contribution in [2.75, 3.05) is 37.2 Å². The molecule has 172 valence electrons. The standard InChI is InChI=1S/C22H28N4O5S/c1-22(2,15-27)14-24-20(28)18-11-19-21(23-12-18)31-10-9-26(19)32(29,30)25-8-7-16-5-3-4-6-17(16)13-25/h3-6,11-12,27H,7-10,13-15H2,1-2H3,(H,24,28). The summed E-state index contributed by atoms with van der Waals surface area (Å²) in [4.78, 5) is 16.8. The molecular formula is C22H28N4O5S. The third-order valence-corrected chi connectivity index (χ3v) is 7.65. The average molecular weight is 461 g/mol. The van der Waals surface area contributed by atoms with Gasteiger partial charge in [0.1, 0.15) is 12.3 Å². The van der Waals surface area contributed by atoms with E-state index >= 15 is 0 Å². The number of benzene rings is 1. The largest absolute Gasteiger partial charge is 0.474 e. The zero-order valence-corrected chi connectivity index (χ0v) is 19.1. The van der Waals surface area contributed by atoms with E-state index in [1.807, 2.05) is 38.1 Å². The van der Waals surface area contributed by atoms with Crippen LogP contribution in [0.4, 0.5) is 5.69 Å². The summed E-state index contributed by atoms with van der Waals surface area (Å²) < 4.78 is 35.4. The normalized spacial score (nSPS) is 16.7. The van der Waals surface area contributed by atoms with Crippen LogP contribution in [0.15, 0.2) is 36.5 Å². The lowest BCUT2D eigenvalue weighted by atomic mass is 9.95. The predicted molar refractivity (Wildman–Crippen MR) is 120 cm³/mol. The molecule has 0 spiro atoms. The first-order valence-electron chi connectivity index (χ1n) is 10.6. The molecule has 10 heteroatoms. The zero-order chi connectivity index (χ0) is 22.9. The van der Waals surface area contributed by atoms with Crippen molar-refractivity contribution in [1.29, 1.82) is 0 Å². The Morgan fingerprint density at radius 3 is 2.75 bits per heavy atom. The Morgan fingerprint density at radius 2 is 2.00 bits per heavy atom. The van der Waals surface area contributed by atoms with Gasteiger partial charge in [0.25, 0.3) is 5.91 Å². The van der Waals surface area contributed by atoms with Gasteiger partial charge in [-0.05, 0) is 23.6 Å². The molecule has 32 heavy (non-hydrogen) atoms. The van der Waals surface area contributed by atoms with Crippen LogP contribution >= 0.6 is 0 Å². The number of amides is 1. The molecule has 9 nitrogen and oxygen atoms in total. The molecule has 1 aromatic heterocycles. The van der Waals surface area contributed by atoms with E-state index in [1.54, 1.807) is 0 Å². The molecule has 0 aliphatic carbocycles. The van der Waals surface area contributed by atoms with Gasteiger partial charge in [0.15, 0.2) is 0 Å². The quantitative estimate of drug-likeness (QED) is 0.673. The van der Waals surface area contributed by atoms with Gasteiger partial charge < -0.3 is 15.2 Å². The topological polar surface area (TPSA) is 112 Å². The number of aliphatic hydroxyl groups excluding tert-OH is 1. The average Bonchev–Trinajstić information content (AvgIpc) is 2.81. The second-order valence-corrected chi connectivity index (χ2v) is 10.7. The van der Waals surface area contributed by atoms with Crippen molar-refractivity contribution >= 4 is 21.8 Å². The van der Waals surface area contributed by atoms with E-state index < -0.39 is 21.5 Å². The fourth-order valence-corrected chi connectivity index (χ4v) is 5.31. The van der Waals surface area contributed by atoms with Crippen LogP contribution in [0.1, 0.15) is 35.3 Å². The van der Waals surface area contributed by atoms with Gasteiger partial charge in [-0.25, -0.2) is 9.29 Å². The molecule has 2 aromatic rings. The van der Waals surface area contributed by atoms with Crippen molar-refractivity contribution in [1.82, 2.24) is 14.6 Å². The van der Waals surface area contributed by atoms with E-state index in [0.717, 1.165) is 11.1 Å². The number of carbonyl (C=O) groups is 1. The molecule has 4 rings (SSSR count). The van der Waals surface area contributed by atoms with Crippen LogP contribution in [0.2, 0.25) is 0 Å². The third kappa shape index (κ3) is 4.43. The fraction of sp³-hybridized carbons (Fsp3) is 0.455. The minimum absolute atomic E-state index is 0.0749. The highest BCUT2D eigenvalue weighted by Crippen LogP contribution is 2.34. The molecule has 0 saturated heterocycles. The van der Waals surface area contributed by atoms with Gasteiger partial charge >= 0.3 is 10.2 Å². The summed E-state index contributed by atoms with van der Waals surface area (Å²) in [6, 6.07) is 9.34. The van der Waals surface area contributed by atoms with E-state index in [0.29, 0.717) is 19.5 Å². The number of aromatic nitrogens is 1. The Balaban J connectivity index is 1.58. The van der Waals surface area contributed by atoms with Gasteiger partial charge in [0.05, 0.1) is 12.1 Å². The SMILES string of the molecule is CC(C)(CO)CNC(=O)c1cnc2c(c1)N(S(=O)(=O)N1CCc3ccccc3C1)CCO2. The van der Waals surface area contributed by atoms with E-state index in [2.05, 4.69) is 10.3 Å². The number of anilines is 1. The van der Waals surface area contributed by atoms with Gasteiger partial charge in [-0.15, -0.1) is 0 Å². The lowest BCUT2D eigenvalue weighted by Gasteiger charge is -2.36. The molecule has 0 saturated carbocycles. The highest BCUT2D eigenvalue weighted by molar-refractivity contribution is 7.90. The molecule has 0 unspecified atom stereocenters. The first kappa shape index (κ1) is 22.5. The maximum absolute atomic E-state index is 13.5. The summed E-state index contributed by atoms with van der Waals surface area (Å²) >= 11 is 0. The summed E-state index contributed by atoms with van der Waals surface area (Å²) in [7, 11) is -3.84. The highest BCUT2D eigenvalue weighted by Gasteiger charge is 2.36. The Kier molecular flexibility index (Phi) is 6.11. The lowest BCUT2D eigenvalue weighted by molar-refractivity contribution is 0.0910. The van der Waals surface area contributed by atoms with Crippen molar-refractivity contribution in [2.45, 2.75) is 26.8 Å². The molecule has 0 radical (unpaired) electrons. The van der Waals surface area contributed by atoms with E-state index in [-0.39, 0.29) is 43.4 Å². The van der Waals surface area contributed by atoms with Gasteiger partial charge in [-0.2, -0.15) is 12.7 Å². The smallest absolute Gasteiger partial charge is 0.304 e. The Labute approximate surface area is 188 Å². The Morgan fingerprint density at radius 1 is 1.25 bits per heavy atom. The maximum Gasteiger partial charge on any atom is 0.304 e. The van der Waals surface area contributed by atoms with Crippen LogP contribution in [-0.4, -0.2) is 61.6 Å². The summed E-state index contributed by atoms with van der Waals surface area (Å²) in [5.41, 5.74) is 2.16. The summed E-state index contributed by atoms with van der Waals surface area (Å²) in [5, 5.41) is 12.2. The Bertz CT molecular complexity index is 1120. The first-order valence-corrected chi connectivity index (χ1v) is 12.0. The number of ether oxygens (including phenoxy) is 1. The fourth-order valence-electron chi connectivity index (χ4n) is 3.72. The van der Waals surface area contributed by atoms with Crippen LogP contribution < -0.4 is 14.4 Å². The number of rotatable bonds is 6. The van der Waals surface area contributed by atoms with Crippen molar-refractivity contribution in [3.63, 3.8) is 0 Å². The second kappa shape index (κ2) is 8.68. The number of hydrogen-bond donors (Lipinski definition) is 2. The highest BCUT2D eigenvalue weighted by atomic mass is 32.2. The molecule has 0 bridgehead atoms. The van der Waals surface area contributed by atoms with Crippen LogP contribution in [-0.2, 0) is 23.2 Å². The molecule has 2 aliphatic rings. The van der Waals surface area contributed by atoms with Crippen molar-refractivity contribution in [3.05, 3.63) is 53.2 Å². The number of carbonyl (C=O) groups excluding carboxylic acids is 1. The minimum Gasteiger partial charge on any atom is -0.474 e. The van der Waals surface area contributed by atoms with Gasteiger partial charge in [0, 0.05) is 37.9 Å². The first-order chi connectivity index (χ1) is 15.2. The molecule has 2 aliphatic heterocycles. The van der Waals surface area contributed by atoms with E-state index in [9.17, 15) is 18.3 Å². The second-order valence-electron chi connectivity index (χ2n) is 8.83. The molecule has 2 N–H and O–H groups in total. The molecule has 1 aromatic carbocycles.